The lowest BCUT2D eigenvalue weighted by Gasteiger charge is -2.41. The fourth-order valence-corrected chi connectivity index (χ4v) is 2.94. The third-order valence-electron chi connectivity index (χ3n) is 3.80. The number of nitriles is 1. The molecular weight excluding hydrogens is 274 g/mol. The zero-order chi connectivity index (χ0) is 15.7. The van der Waals surface area contributed by atoms with Gasteiger partial charge in [0.05, 0.1) is 23.9 Å². The first-order valence-corrected chi connectivity index (χ1v) is 7.31. The molecule has 0 unspecified atom stereocenters. The van der Waals surface area contributed by atoms with E-state index in [1.807, 2.05) is 42.5 Å². The lowest BCUT2D eigenvalue weighted by Crippen LogP contribution is -2.46. The number of hydrogen-bond acceptors (Lipinski definition) is 4. The van der Waals surface area contributed by atoms with Crippen LogP contribution in [0.25, 0.3) is 0 Å². The van der Waals surface area contributed by atoms with Gasteiger partial charge in [0, 0.05) is 6.54 Å². The summed E-state index contributed by atoms with van der Waals surface area (Å²) in [6.07, 6.45) is 0. The molecule has 0 fully saturated rings. The smallest absolute Gasteiger partial charge is 0.145 e. The zero-order valence-electron chi connectivity index (χ0n) is 12.8. The van der Waals surface area contributed by atoms with Crippen molar-refractivity contribution in [3.05, 3.63) is 53.6 Å². The van der Waals surface area contributed by atoms with Gasteiger partial charge in [0.1, 0.15) is 17.0 Å². The first-order chi connectivity index (χ1) is 10.5. The minimum absolute atomic E-state index is 0.303. The van der Waals surface area contributed by atoms with Crippen LogP contribution in [0.15, 0.2) is 42.5 Å². The van der Waals surface area contributed by atoms with E-state index in [2.05, 4.69) is 24.8 Å². The van der Waals surface area contributed by atoms with Gasteiger partial charge < -0.3 is 15.4 Å². The summed E-state index contributed by atoms with van der Waals surface area (Å²) < 4.78 is 6.04. The highest BCUT2D eigenvalue weighted by atomic mass is 16.5. The van der Waals surface area contributed by atoms with Gasteiger partial charge in [0.2, 0.25) is 0 Å². The number of benzene rings is 2. The molecular formula is C18H19N3O. The number of para-hydroxylation sites is 1. The summed E-state index contributed by atoms with van der Waals surface area (Å²) in [6, 6.07) is 15.6. The number of nitrogens with two attached hydrogens (primary N) is 1. The second-order valence-corrected chi connectivity index (χ2v) is 6.18. The van der Waals surface area contributed by atoms with Crippen molar-refractivity contribution in [2.75, 3.05) is 17.2 Å². The Hall–Kier alpha value is -2.67. The lowest BCUT2D eigenvalue weighted by atomic mass is 10.0. The molecule has 0 radical (unpaired) electrons. The number of nitrogens with zero attached hydrogens (tertiary/aromatic N) is 2. The molecule has 0 bridgehead atoms. The second kappa shape index (κ2) is 5.27. The van der Waals surface area contributed by atoms with Crippen LogP contribution in [0.2, 0.25) is 0 Å². The molecule has 1 aliphatic rings. The van der Waals surface area contributed by atoms with Gasteiger partial charge >= 0.3 is 0 Å². The first-order valence-electron chi connectivity index (χ1n) is 7.31. The largest absolute Gasteiger partial charge is 0.484 e. The number of rotatable bonds is 2. The van der Waals surface area contributed by atoms with E-state index in [1.165, 1.54) is 0 Å². The number of ether oxygens (including phenoxy) is 1. The van der Waals surface area contributed by atoms with E-state index in [4.69, 9.17) is 10.5 Å². The van der Waals surface area contributed by atoms with Gasteiger partial charge in [0.15, 0.2) is 0 Å². The van der Waals surface area contributed by atoms with Crippen LogP contribution in [0.5, 0.6) is 5.75 Å². The molecule has 2 N–H and O–H groups in total. The minimum atomic E-state index is -0.303. The quantitative estimate of drug-likeness (QED) is 0.863. The highest BCUT2D eigenvalue weighted by molar-refractivity contribution is 5.76. The number of fused-ring (bicyclic) bond motifs is 1. The molecule has 2 aromatic carbocycles. The Labute approximate surface area is 130 Å². The second-order valence-electron chi connectivity index (χ2n) is 6.18. The molecule has 0 atom stereocenters. The van der Waals surface area contributed by atoms with E-state index in [9.17, 15) is 5.26 Å². The molecule has 4 nitrogen and oxygen atoms in total. The Morgan fingerprint density at radius 1 is 1.23 bits per heavy atom. The maximum absolute atomic E-state index is 9.28. The van der Waals surface area contributed by atoms with Crippen LogP contribution in [0.3, 0.4) is 0 Å². The van der Waals surface area contributed by atoms with Crippen molar-refractivity contribution in [2.45, 2.75) is 26.0 Å². The highest BCUT2D eigenvalue weighted by Gasteiger charge is 2.33. The third-order valence-corrected chi connectivity index (χ3v) is 3.80. The normalized spacial score (nSPS) is 15.6. The predicted octanol–water partition coefficient (Wildman–Crippen LogP) is 3.32. The monoisotopic (exact) mass is 293 g/mol. The Kier molecular flexibility index (Phi) is 3.42. The summed E-state index contributed by atoms with van der Waals surface area (Å²) in [4.78, 5) is 2.20. The van der Waals surface area contributed by atoms with E-state index in [-0.39, 0.29) is 5.60 Å². The molecule has 1 aliphatic heterocycles. The van der Waals surface area contributed by atoms with E-state index < -0.39 is 0 Å². The fourth-order valence-electron chi connectivity index (χ4n) is 2.94. The van der Waals surface area contributed by atoms with Crippen LogP contribution in [-0.2, 0) is 6.54 Å². The molecule has 1 heterocycles. The SMILES string of the molecule is CC1(C)CN(Cc2ccccc2C#N)c2c(N)cccc2O1. The van der Waals surface area contributed by atoms with Crippen LogP contribution in [0, 0.1) is 11.3 Å². The Morgan fingerprint density at radius 2 is 2.00 bits per heavy atom. The molecule has 0 saturated heterocycles. The molecule has 3 rings (SSSR count). The summed E-state index contributed by atoms with van der Waals surface area (Å²) >= 11 is 0. The maximum atomic E-state index is 9.28. The van der Waals surface area contributed by atoms with Gasteiger partial charge in [-0.3, -0.25) is 0 Å². The van der Waals surface area contributed by atoms with Crippen LogP contribution in [-0.4, -0.2) is 12.1 Å². The van der Waals surface area contributed by atoms with Gasteiger partial charge in [-0.05, 0) is 37.6 Å². The molecule has 112 valence electrons. The minimum Gasteiger partial charge on any atom is -0.484 e. The molecule has 0 aliphatic carbocycles. The van der Waals surface area contributed by atoms with Crippen molar-refractivity contribution in [3.8, 4) is 11.8 Å². The Balaban J connectivity index is 2.02. The van der Waals surface area contributed by atoms with Crippen LogP contribution >= 0.6 is 0 Å². The van der Waals surface area contributed by atoms with Crippen molar-refractivity contribution in [1.29, 1.82) is 5.26 Å². The van der Waals surface area contributed by atoms with Gasteiger partial charge in [-0.15, -0.1) is 0 Å². The lowest BCUT2D eigenvalue weighted by molar-refractivity contribution is 0.105. The fraction of sp³-hybridized carbons (Fsp3) is 0.278. The van der Waals surface area contributed by atoms with E-state index in [1.54, 1.807) is 0 Å². The van der Waals surface area contributed by atoms with E-state index in [0.29, 0.717) is 24.3 Å². The Morgan fingerprint density at radius 3 is 2.77 bits per heavy atom. The summed E-state index contributed by atoms with van der Waals surface area (Å²) in [5.74, 6) is 0.797. The van der Waals surface area contributed by atoms with E-state index >= 15 is 0 Å². The molecule has 2 aromatic rings. The van der Waals surface area contributed by atoms with Crippen molar-refractivity contribution < 1.29 is 4.74 Å². The summed E-state index contributed by atoms with van der Waals surface area (Å²) in [5.41, 5.74) is 9.16. The van der Waals surface area contributed by atoms with Crippen molar-refractivity contribution in [2.24, 2.45) is 0 Å². The standard InChI is InChI=1S/C18H19N3O/c1-18(2)12-21(11-14-7-4-3-6-13(14)10-19)17-15(20)8-5-9-16(17)22-18/h3-9H,11-12,20H2,1-2H3. The van der Waals surface area contributed by atoms with Crippen LogP contribution in [0.1, 0.15) is 25.0 Å². The predicted molar refractivity (Wildman–Crippen MR) is 87.8 cm³/mol. The molecule has 0 saturated carbocycles. The average Bonchev–Trinajstić information content (AvgIpc) is 2.46. The van der Waals surface area contributed by atoms with Crippen LogP contribution < -0.4 is 15.4 Å². The highest BCUT2D eigenvalue weighted by Crippen LogP contribution is 2.41. The average molecular weight is 293 g/mol. The molecule has 0 spiro atoms. The summed E-state index contributed by atoms with van der Waals surface area (Å²) in [7, 11) is 0. The molecule has 0 amide bonds. The van der Waals surface area contributed by atoms with Crippen molar-refractivity contribution in [1.82, 2.24) is 0 Å². The summed E-state index contributed by atoms with van der Waals surface area (Å²) in [6.45, 7) is 5.47. The zero-order valence-corrected chi connectivity index (χ0v) is 12.8. The topological polar surface area (TPSA) is 62.3 Å². The van der Waals surface area contributed by atoms with Gasteiger partial charge in [-0.2, -0.15) is 5.26 Å². The molecule has 22 heavy (non-hydrogen) atoms. The first kappa shape index (κ1) is 14.3. The number of hydrogen-bond donors (Lipinski definition) is 1. The summed E-state index contributed by atoms with van der Waals surface area (Å²) in [5, 5.41) is 9.28. The maximum Gasteiger partial charge on any atom is 0.145 e. The number of nitrogen functional groups attached to an aromatic ring is 1. The third kappa shape index (κ3) is 2.58. The van der Waals surface area contributed by atoms with Gasteiger partial charge in [0.25, 0.3) is 0 Å². The Bertz CT molecular complexity index is 746. The molecule has 0 aromatic heterocycles. The van der Waals surface area contributed by atoms with Gasteiger partial charge in [-0.25, -0.2) is 0 Å². The van der Waals surface area contributed by atoms with Crippen molar-refractivity contribution in [3.63, 3.8) is 0 Å². The number of anilines is 2. The molecule has 4 heteroatoms. The van der Waals surface area contributed by atoms with Crippen LogP contribution in [0.4, 0.5) is 11.4 Å². The van der Waals surface area contributed by atoms with Crippen molar-refractivity contribution >= 4 is 11.4 Å². The van der Waals surface area contributed by atoms with Gasteiger partial charge in [-0.1, -0.05) is 24.3 Å². The van der Waals surface area contributed by atoms with E-state index in [0.717, 1.165) is 17.0 Å².